The Balaban J connectivity index is 2.18. The zero-order valence-electron chi connectivity index (χ0n) is 11.9. The molecule has 2 unspecified atom stereocenters. The van der Waals surface area contributed by atoms with Gasteiger partial charge >= 0.3 is 0 Å². The number of likely N-dealkylation sites (N-methyl/N-ethyl adjacent to an activating group) is 1. The molecule has 0 bridgehead atoms. The maximum atomic E-state index is 6.15. The fraction of sp³-hybridized carbons (Fsp3) is 0.538. The minimum atomic E-state index is 0.0439. The van der Waals surface area contributed by atoms with Gasteiger partial charge in [-0.15, -0.1) is 11.3 Å². The van der Waals surface area contributed by atoms with E-state index in [-0.39, 0.29) is 12.1 Å². The van der Waals surface area contributed by atoms with Crippen molar-refractivity contribution in [3.8, 4) is 0 Å². The molecular formula is C13H21N5S. The number of nitrogens with zero attached hydrogens (tertiary/aromatic N) is 4. The van der Waals surface area contributed by atoms with Crippen molar-refractivity contribution in [1.82, 2.24) is 19.7 Å². The van der Waals surface area contributed by atoms with E-state index >= 15 is 0 Å². The van der Waals surface area contributed by atoms with Crippen LogP contribution in [0.4, 0.5) is 0 Å². The van der Waals surface area contributed by atoms with Crippen LogP contribution in [-0.4, -0.2) is 32.8 Å². The molecule has 0 spiro atoms. The Hall–Kier alpha value is -1.24. The Morgan fingerprint density at radius 2 is 2.26 bits per heavy atom. The van der Waals surface area contributed by atoms with E-state index in [0.29, 0.717) is 0 Å². The fourth-order valence-electron chi connectivity index (χ4n) is 2.36. The lowest BCUT2D eigenvalue weighted by Gasteiger charge is -2.30. The lowest BCUT2D eigenvalue weighted by molar-refractivity contribution is 0.212. The first-order chi connectivity index (χ1) is 8.99. The SMILES string of the molecule is Cc1ncsc1CN(C)C(c1cnn(C)c1)C(C)N. The van der Waals surface area contributed by atoms with Crippen LogP contribution in [0.5, 0.6) is 0 Å². The summed E-state index contributed by atoms with van der Waals surface area (Å²) in [5, 5.41) is 4.24. The van der Waals surface area contributed by atoms with Gasteiger partial charge in [0.2, 0.25) is 0 Å². The maximum absolute atomic E-state index is 6.15. The van der Waals surface area contributed by atoms with Gasteiger partial charge in [-0.05, 0) is 20.9 Å². The number of thiazole rings is 1. The summed E-state index contributed by atoms with van der Waals surface area (Å²) in [4.78, 5) is 7.85. The topological polar surface area (TPSA) is 60.0 Å². The van der Waals surface area contributed by atoms with Crippen LogP contribution < -0.4 is 5.73 Å². The minimum absolute atomic E-state index is 0.0439. The van der Waals surface area contributed by atoms with Gasteiger partial charge in [-0.3, -0.25) is 9.58 Å². The molecule has 2 rings (SSSR count). The molecule has 104 valence electrons. The van der Waals surface area contributed by atoms with E-state index in [1.54, 1.807) is 11.3 Å². The molecule has 0 saturated carbocycles. The molecule has 2 aromatic heterocycles. The Kier molecular flexibility index (Phi) is 4.34. The monoisotopic (exact) mass is 279 g/mol. The van der Waals surface area contributed by atoms with E-state index < -0.39 is 0 Å². The zero-order valence-corrected chi connectivity index (χ0v) is 12.7. The quantitative estimate of drug-likeness (QED) is 0.905. The number of hydrogen-bond donors (Lipinski definition) is 1. The molecule has 0 aromatic carbocycles. The molecule has 0 radical (unpaired) electrons. The normalized spacial score (nSPS) is 14.8. The van der Waals surface area contributed by atoms with E-state index in [1.807, 2.05) is 43.5 Å². The second kappa shape index (κ2) is 5.81. The van der Waals surface area contributed by atoms with Crippen molar-refractivity contribution in [3.05, 3.63) is 34.0 Å². The third-order valence-corrected chi connectivity index (χ3v) is 4.20. The second-order valence-corrected chi connectivity index (χ2v) is 5.97. The summed E-state index contributed by atoms with van der Waals surface area (Å²) in [5.74, 6) is 0. The predicted octanol–water partition coefficient (Wildman–Crippen LogP) is 1.71. The Bertz CT molecular complexity index is 531. The number of aromatic nitrogens is 3. The lowest BCUT2D eigenvalue weighted by Crippen LogP contribution is -2.36. The maximum Gasteiger partial charge on any atom is 0.0798 e. The molecule has 2 N–H and O–H groups in total. The number of aryl methyl sites for hydroxylation is 2. The van der Waals surface area contributed by atoms with Gasteiger partial charge < -0.3 is 5.73 Å². The van der Waals surface area contributed by atoms with E-state index in [1.165, 1.54) is 4.88 Å². The molecule has 0 aliphatic heterocycles. The van der Waals surface area contributed by atoms with Gasteiger partial charge in [-0.2, -0.15) is 5.10 Å². The first-order valence-corrected chi connectivity index (χ1v) is 7.20. The van der Waals surface area contributed by atoms with Crippen molar-refractivity contribution < 1.29 is 0 Å². The highest BCUT2D eigenvalue weighted by Crippen LogP contribution is 2.25. The summed E-state index contributed by atoms with van der Waals surface area (Å²) in [7, 11) is 4.02. The average Bonchev–Trinajstić information content (AvgIpc) is 2.89. The summed E-state index contributed by atoms with van der Waals surface area (Å²) in [6.07, 6.45) is 3.92. The van der Waals surface area contributed by atoms with Gasteiger partial charge in [-0.25, -0.2) is 4.98 Å². The highest BCUT2D eigenvalue weighted by molar-refractivity contribution is 7.09. The lowest BCUT2D eigenvalue weighted by atomic mass is 10.0. The van der Waals surface area contributed by atoms with Crippen molar-refractivity contribution >= 4 is 11.3 Å². The fourth-order valence-corrected chi connectivity index (χ4v) is 3.19. The smallest absolute Gasteiger partial charge is 0.0798 e. The van der Waals surface area contributed by atoms with Crippen LogP contribution in [0, 0.1) is 6.92 Å². The van der Waals surface area contributed by atoms with Crippen molar-refractivity contribution in [2.75, 3.05) is 7.05 Å². The number of rotatable bonds is 5. The van der Waals surface area contributed by atoms with Crippen LogP contribution in [0.3, 0.4) is 0 Å². The zero-order chi connectivity index (χ0) is 14.0. The van der Waals surface area contributed by atoms with E-state index in [4.69, 9.17) is 5.73 Å². The third-order valence-electron chi connectivity index (χ3n) is 3.28. The molecule has 2 heterocycles. The van der Waals surface area contributed by atoms with E-state index in [0.717, 1.165) is 17.8 Å². The third kappa shape index (κ3) is 3.20. The average molecular weight is 279 g/mol. The van der Waals surface area contributed by atoms with Crippen LogP contribution >= 0.6 is 11.3 Å². The minimum Gasteiger partial charge on any atom is -0.326 e. The summed E-state index contributed by atoms with van der Waals surface area (Å²) >= 11 is 1.69. The van der Waals surface area contributed by atoms with E-state index in [9.17, 15) is 0 Å². The van der Waals surface area contributed by atoms with Gasteiger partial charge in [0, 0.05) is 36.3 Å². The molecule has 19 heavy (non-hydrogen) atoms. The van der Waals surface area contributed by atoms with Gasteiger partial charge in [0.1, 0.15) is 0 Å². The Morgan fingerprint density at radius 1 is 1.53 bits per heavy atom. The molecule has 0 aliphatic rings. The van der Waals surface area contributed by atoms with Crippen molar-refractivity contribution in [3.63, 3.8) is 0 Å². The van der Waals surface area contributed by atoms with Crippen LogP contribution in [-0.2, 0) is 13.6 Å². The molecule has 2 aromatic rings. The van der Waals surface area contributed by atoms with Crippen LogP contribution in [0.25, 0.3) is 0 Å². The summed E-state index contributed by atoms with van der Waals surface area (Å²) in [5.41, 5.74) is 10.3. The largest absolute Gasteiger partial charge is 0.326 e. The van der Waals surface area contributed by atoms with Gasteiger partial charge in [0.15, 0.2) is 0 Å². The molecule has 2 atom stereocenters. The standard InChI is InChI=1S/C13H21N5S/c1-9(14)13(11-5-16-18(4)6-11)17(3)7-12-10(2)15-8-19-12/h5-6,8-9,13H,7,14H2,1-4H3. The van der Waals surface area contributed by atoms with Gasteiger partial charge in [0.05, 0.1) is 23.4 Å². The van der Waals surface area contributed by atoms with Crippen molar-refractivity contribution in [2.45, 2.75) is 32.5 Å². The van der Waals surface area contributed by atoms with Crippen molar-refractivity contribution in [2.24, 2.45) is 12.8 Å². The first-order valence-electron chi connectivity index (χ1n) is 6.32. The van der Waals surface area contributed by atoms with E-state index in [2.05, 4.69) is 22.0 Å². The predicted molar refractivity (Wildman–Crippen MR) is 77.9 cm³/mol. The van der Waals surface area contributed by atoms with Crippen molar-refractivity contribution in [1.29, 1.82) is 0 Å². The molecule has 0 saturated heterocycles. The number of hydrogen-bond acceptors (Lipinski definition) is 5. The number of nitrogens with two attached hydrogens (primary N) is 1. The van der Waals surface area contributed by atoms with Crippen LogP contribution in [0.15, 0.2) is 17.9 Å². The van der Waals surface area contributed by atoms with Gasteiger partial charge in [0.25, 0.3) is 0 Å². The molecular weight excluding hydrogens is 258 g/mol. The molecule has 6 heteroatoms. The van der Waals surface area contributed by atoms with Crippen LogP contribution in [0.2, 0.25) is 0 Å². The van der Waals surface area contributed by atoms with Crippen LogP contribution in [0.1, 0.15) is 29.1 Å². The molecule has 0 aliphatic carbocycles. The highest BCUT2D eigenvalue weighted by atomic mass is 32.1. The second-order valence-electron chi connectivity index (χ2n) is 5.03. The molecule has 5 nitrogen and oxygen atoms in total. The van der Waals surface area contributed by atoms with Gasteiger partial charge in [-0.1, -0.05) is 0 Å². The summed E-state index contributed by atoms with van der Waals surface area (Å²) < 4.78 is 1.82. The first kappa shape index (κ1) is 14.2. The Labute approximate surface area is 118 Å². The molecule has 0 amide bonds. The highest BCUT2D eigenvalue weighted by Gasteiger charge is 2.23. The summed E-state index contributed by atoms with van der Waals surface area (Å²) in [6.45, 7) is 4.94. The molecule has 0 fully saturated rings. The Morgan fingerprint density at radius 3 is 2.74 bits per heavy atom. The summed E-state index contributed by atoms with van der Waals surface area (Å²) in [6, 6.07) is 0.206.